The number of methoxy groups -OCH3 is 2. The van der Waals surface area contributed by atoms with Gasteiger partial charge in [0.05, 0.1) is 18.1 Å². The van der Waals surface area contributed by atoms with Crippen LogP contribution < -0.4 is 0 Å². The van der Waals surface area contributed by atoms with E-state index in [9.17, 15) is 4.79 Å². The van der Waals surface area contributed by atoms with Crippen LogP contribution >= 0.6 is 0 Å². The number of ether oxygens (including phenoxy) is 6. The number of unbranched alkanes of at least 4 members (excludes halogenated alkanes) is 2. The lowest BCUT2D eigenvalue weighted by Gasteiger charge is -2.31. The van der Waals surface area contributed by atoms with Crippen molar-refractivity contribution in [2.75, 3.05) is 27.4 Å². The zero-order chi connectivity index (χ0) is 23.5. The number of hydrogen-bond donors (Lipinski definition) is 0. The van der Waals surface area contributed by atoms with Crippen LogP contribution in [0, 0.1) is 11.8 Å². The van der Waals surface area contributed by atoms with Crippen molar-refractivity contribution in [1.29, 1.82) is 0 Å². The van der Waals surface area contributed by atoms with E-state index >= 15 is 0 Å². The summed E-state index contributed by atoms with van der Waals surface area (Å²) in [4.78, 5) is 13.0. The first kappa shape index (κ1) is 26.8. The number of carbonyl (C=O) groups excluding carboxylic acids is 1. The quantitative estimate of drug-likeness (QED) is 0.219. The molecule has 0 aromatic carbocycles. The van der Waals surface area contributed by atoms with Crippen molar-refractivity contribution < 1.29 is 33.2 Å². The fourth-order valence-electron chi connectivity index (χ4n) is 5.11. The highest BCUT2D eigenvalue weighted by Gasteiger charge is 2.47. The molecule has 0 radical (unpaired) electrons. The molecule has 0 bridgehead atoms. The maximum atomic E-state index is 13.0. The Kier molecular flexibility index (Phi) is 11.8. The molecule has 0 aromatic heterocycles. The smallest absolute Gasteiger partial charge is 0.167 e. The van der Waals surface area contributed by atoms with E-state index in [1.165, 1.54) is 6.42 Å². The highest BCUT2D eigenvalue weighted by Crippen LogP contribution is 2.38. The van der Waals surface area contributed by atoms with E-state index in [0.29, 0.717) is 13.0 Å². The van der Waals surface area contributed by atoms with E-state index in [2.05, 4.69) is 19.1 Å². The average molecular weight is 469 g/mol. The first-order valence-corrected chi connectivity index (χ1v) is 13.0. The van der Waals surface area contributed by atoms with Gasteiger partial charge in [-0.1, -0.05) is 38.3 Å². The standard InChI is InChI=1S/C26H44O7/c1-4-5-6-11-19(32-23-12-7-9-16-30-23)14-15-20-22(33-24-13-8-10-17-31-24)18-21(27)25(20)26(28-2)29-3/h14-15,19-20,22-26H,4-13,16-18H2,1-3H3. The van der Waals surface area contributed by atoms with E-state index in [1.807, 2.05) is 0 Å². The van der Waals surface area contributed by atoms with Gasteiger partial charge in [-0.15, -0.1) is 0 Å². The van der Waals surface area contributed by atoms with Gasteiger partial charge in [-0.05, 0) is 44.9 Å². The fraction of sp³-hybridized carbons (Fsp3) is 0.885. The highest BCUT2D eigenvalue weighted by molar-refractivity contribution is 5.85. The Labute approximate surface area is 199 Å². The van der Waals surface area contributed by atoms with Crippen molar-refractivity contribution in [3.05, 3.63) is 12.2 Å². The van der Waals surface area contributed by atoms with Crippen LogP contribution in [0.4, 0.5) is 0 Å². The fourth-order valence-corrected chi connectivity index (χ4v) is 5.11. The first-order valence-electron chi connectivity index (χ1n) is 13.0. The minimum atomic E-state index is -0.603. The number of ketones is 1. The van der Waals surface area contributed by atoms with E-state index in [-0.39, 0.29) is 36.5 Å². The Bertz CT molecular complexity index is 579. The number of rotatable bonds is 13. The molecule has 1 aliphatic carbocycles. The van der Waals surface area contributed by atoms with Gasteiger partial charge in [0.1, 0.15) is 5.78 Å². The molecule has 6 unspecified atom stereocenters. The second-order valence-electron chi connectivity index (χ2n) is 9.44. The molecular formula is C26H44O7. The van der Waals surface area contributed by atoms with Crippen LogP contribution in [0.15, 0.2) is 12.2 Å². The molecule has 3 rings (SSSR count). The Balaban J connectivity index is 1.73. The third-order valence-corrected chi connectivity index (χ3v) is 6.95. The topological polar surface area (TPSA) is 72.5 Å². The molecule has 7 nitrogen and oxygen atoms in total. The molecule has 2 heterocycles. The molecule has 0 spiro atoms. The highest BCUT2D eigenvalue weighted by atomic mass is 16.7. The van der Waals surface area contributed by atoms with Crippen LogP contribution in [0.5, 0.6) is 0 Å². The van der Waals surface area contributed by atoms with Crippen molar-refractivity contribution in [3.8, 4) is 0 Å². The molecule has 6 atom stereocenters. The van der Waals surface area contributed by atoms with Crippen molar-refractivity contribution in [1.82, 2.24) is 0 Å². The van der Waals surface area contributed by atoms with E-state index < -0.39 is 12.2 Å². The van der Waals surface area contributed by atoms with Gasteiger partial charge in [0.2, 0.25) is 0 Å². The predicted molar refractivity (Wildman–Crippen MR) is 125 cm³/mol. The minimum absolute atomic E-state index is 0.0499. The first-order chi connectivity index (χ1) is 16.2. The van der Waals surface area contributed by atoms with Crippen LogP contribution in [0.3, 0.4) is 0 Å². The largest absolute Gasteiger partial charge is 0.355 e. The van der Waals surface area contributed by atoms with Gasteiger partial charge in [-0.2, -0.15) is 0 Å². The van der Waals surface area contributed by atoms with E-state index in [4.69, 9.17) is 28.4 Å². The summed E-state index contributed by atoms with van der Waals surface area (Å²) in [6.45, 7) is 3.67. The lowest BCUT2D eigenvalue weighted by Crippen LogP contribution is -2.36. The summed E-state index contributed by atoms with van der Waals surface area (Å²) in [5, 5.41) is 0. The van der Waals surface area contributed by atoms with Crippen molar-refractivity contribution in [2.24, 2.45) is 11.8 Å². The Hall–Kier alpha value is -0.830. The second-order valence-corrected chi connectivity index (χ2v) is 9.44. The van der Waals surface area contributed by atoms with E-state index in [1.54, 1.807) is 14.2 Å². The van der Waals surface area contributed by atoms with Gasteiger partial charge in [-0.3, -0.25) is 4.79 Å². The molecule has 2 aliphatic heterocycles. The molecule has 0 aromatic rings. The third-order valence-electron chi connectivity index (χ3n) is 6.95. The molecule has 3 aliphatic rings. The summed E-state index contributed by atoms with van der Waals surface area (Å²) >= 11 is 0. The second kappa shape index (κ2) is 14.5. The van der Waals surface area contributed by atoms with Gasteiger partial charge in [0.25, 0.3) is 0 Å². The number of Topliss-reactive ketones (excluding diaryl/α,β-unsaturated/α-hetero) is 1. The maximum absolute atomic E-state index is 13.0. The van der Waals surface area contributed by atoms with Crippen LogP contribution in [0.25, 0.3) is 0 Å². The van der Waals surface area contributed by atoms with Crippen LogP contribution in [-0.2, 0) is 33.2 Å². The predicted octanol–water partition coefficient (Wildman–Crippen LogP) is 4.77. The molecule has 33 heavy (non-hydrogen) atoms. The molecule has 3 fully saturated rings. The number of hydrogen-bond acceptors (Lipinski definition) is 7. The normalized spacial score (nSPS) is 32.1. The molecule has 7 heteroatoms. The third kappa shape index (κ3) is 8.11. The zero-order valence-corrected chi connectivity index (χ0v) is 20.7. The maximum Gasteiger partial charge on any atom is 0.167 e. The summed E-state index contributed by atoms with van der Waals surface area (Å²) in [5.74, 6) is -0.456. The Morgan fingerprint density at radius 2 is 1.70 bits per heavy atom. The van der Waals surface area contributed by atoms with Gasteiger partial charge < -0.3 is 28.4 Å². The summed E-state index contributed by atoms with van der Waals surface area (Å²) in [6, 6.07) is 0. The molecule has 2 saturated heterocycles. The molecule has 190 valence electrons. The Morgan fingerprint density at radius 3 is 2.30 bits per heavy atom. The lowest BCUT2D eigenvalue weighted by molar-refractivity contribution is -0.199. The molecule has 0 amide bonds. The SMILES string of the molecule is CCCCCC(C=CC1C(OC2CCCCO2)CC(=O)C1C(OC)OC)OC1CCCCO1. The summed E-state index contributed by atoms with van der Waals surface area (Å²) in [6.07, 6.45) is 13.8. The monoisotopic (exact) mass is 468 g/mol. The summed E-state index contributed by atoms with van der Waals surface area (Å²) in [5.41, 5.74) is 0. The van der Waals surface area contributed by atoms with Gasteiger partial charge in [0.15, 0.2) is 18.9 Å². The molecule has 0 N–H and O–H groups in total. The Morgan fingerprint density at radius 1 is 1.00 bits per heavy atom. The zero-order valence-electron chi connectivity index (χ0n) is 20.7. The number of carbonyl (C=O) groups is 1. The van der Waals surface area contributed by atoms with Crippen molar-refractivity contribution in [2.45, 2.75) is 109 Å². The van der Waals surface area contributed by atoms with Gasteiger partial charge >= 0.3 is 0 Å². The van der Waals surface area contributed by atoms with Crippen molar-refractivity contribution in [3.63, 3.8) is 0 Å². The van der Waals surface area contributed by atoms with Gasteiger partial charge in [-0.25, -0.2) is 0 Å². The van der Waals surface area contributed by atoms with Crippen LogP contribution in [0.2, 0.25) is 0 Å². The van der Waals surface area contributed by atoms with Crippen LogP contribution in [0.1, 0.15) is 77.6 Å². The van der Waals surface area contributed by atoms with Gasteiger partial charge in [0, 0.05) is 39.8 Å². The van der Waals surface area contributed by atoms with E-state index in [0.717, 1.165) is 64.4 Å². The molecule has 1 saturated carbocycles. The van der Waals surface area contributed by atoms with Crippen LogP contribution in [-0.4, -0.2) is 64.3 Å². The average Bonchev–Trinajstić information content (AvgIpc) is 3.14. The molecular weight excluding hydrogens is 424 g/mol. The summed E-state index contributed by atoms with van der Waals surface area (Å²) < 4.78 is 35.3. The summed E-state index contributed by atoms with van der Waals surface area (Å²) in [7, 11) is 3.16. The van der Waals surface area contributed by atoms with Crippen molar-refractivity contribution >= 4 is 5.78 Å². The minimum Gasteiger partial charge on any atom is -0.355 e. The lowest BCUT2D eigenvalue weighted by atomic mass is 9.92.